The van der Waals surface area contributed by atoms with Crippen LogP contribution in [0.5, 0.6) is 0 Å². The van der Waals surface area contributed by atoms with Gasteiger partial charge < -0.3 is 0 Å². The van der Waals surface area contributed by atoms with Crippen molar-refractivity contribution in [3.63, 3.8) is 0 Å². The molecule has 1 saturated carbocycles. The van der Waals surface area contributed by atoms with E-state index in [1.165, 1.54) is 18.9 Å². The Morgan fingerprint density at radius 2 is 1.90 bits per heavy atom. The van der Waals surface area contributed by atoms with Crippen LogP contribution in [0.25, 0.3) is 0 Å². The van der Waals surface area contributed by atoms with E-state index in [0.29, 0.717) is 18.2 Å². The predicted molar refractivity (Wildman–Crippen MR) is 79.7 cm³/mol. The highest BCUT2D eigenvalue weighted by atomic mass is 19.1. The van der Waals surface area contributed by atoms with Crippen LogP contribution in [0.15, 0.2) is 30.6 Å². The molecule has 3 heteroatoms. The summed E-state index contributed by atoms with van der Waals surface area (Å²) in [5.41, 5.74) is 1.08. The molecule has 0 atom stereocenters. The summed E-state index contributed by atoms with van der Waals surface area (Å²) in [5, 5.41) is 8.71. The lowest BCUT2D eigenvalue weighted by atomic mass is 9.78. The average Bonchev–Trinajstić information content (AvgIpc) is 2.52. The summed E-state index contributed by atoms with van der Waals surface area (Å²) in [6.45, 7) is 0. The molecule has 0 aliphatic heterocycles. The third kappa shape index (κ3) is 4.67. The average molecular weight is 289 g/mol. The highest BCUT2D eigenvalue weighted by Crippen LogP contribution is 2.33. The number of benzene rings is 1. The van der Waals surface area contributed by atoms with Crippen molar-refractivity contribution in [2.24, 2.45) is 11.8 Å². The first-order chi connectivity index (χ1) is 10.2. The summed E-state index contributed by atoms with van der Waals surface area (Å²) >= 11 is 0. The van der Waals surface area contributed by atoms with Gasteiger partial charge in [0.15, 0.2) is 0 Å². The Morgan fingerprint density at radius 3 is 2.52 bits per heavy atom. The quantitative estimate of drug-likeness (QED) is 0.720. The summed E-state index contributed by atoms with van der Waals surface area (Å²) < 4.78 is 25.5. The monoisotopic (exact) mass is 289 g/mol. The van der Waals surface area contributed by atoms with Crippen molar-refractivity contribution < 1.29 is 8.78 Å². The van der Waals surface area contributed by atoms with Crippen LogP contribution in [-0.2, 0) is 6.42 Å². The van der Waals surface area contributed by atoms with E-state index >= 15 is 0 Å². The standard InChI is InChI=1S/C18H21F2N/c19-11-1-2-14-3-5-15(6-4-14)7-8-16-9-10-17(13-21)18(20)12-16/h1,9-12,14-15H,2-8H2. The number of nitriles is 1. The third-order valence-electron chi connectivity index (χ3n) is 4.52. The largest absolute Gasteiger partial charge is 0.216 e. The maximum atomic E-state index is 13.5. The van der Waals surface area contributed by atoms with E-state index in [1.807, 2.05) is 12.1 Å². The van der Waals surface area contributed by atoms with Gasteiger partial charge in [0.2, 0.25) is 0 Å². The normalized spacial score (nSPS) is 22.3. The molecule has 0 aromatic heterocycles. The SMILES string of the molecule is N#Cc1ccc(CCC2CCC(CC=CF)CC2)cc1F. The fourth-order valence-electron chi connectivity index (χ4n) is 3.18. The summed E-state index contributed by atoms with van der Waals surface area (Å²) in [6, 6.07) is 6.73. The topological polar surface area (TPSA) is 23.8 Å². The number of allylic oxidation sites excluding steroid dienone is 1. The molecular weight excluding hydrogens is 268 g/mol. The van der Waals surface area contributed by atoms with Gasteiger partial charge in [0.1, 0.15) is 11.9 Å². The van der Waals surface area contributed by atoms with E-state index in [1.54, 1.807) is 12.1 Å². The molecule has 0 spiro atoms. The van der Waals surface area contributed by atoms with Crippen LogP contribution < -0.4 is 0 Å². The van der Waals surface area contributed by atoms with Crippen molar-refractivity contribution in [2.45, 2.75) is 44.9 Å². The number of nitrogens with zero attached hydrogens (tertiary/aromatic N) is 1. The number of halogens is 2. The molecule has 1 aromatic rings. The van der Waals surface area contributed by atoms with Gasteiger partial charge in [0.05, 0.1) is 11.9 Å². The summed E-state index contributed by atoms with van der Waals surface area (Å²) in [4.78, 5) is 0. The minimum atomic E-state index is -0.420. The van der Waals surface area contributed by atoms with Gasteiger partial charge in [-0.1, -0.05) is 25.0 Å². The molecular formula is C18H21F2N. The Morgan fingerprint density at radius 1 is 1.19 bits per heavy atom. The molecule has 1 aromatic carbocycles. The fourth-order valence-corrected chi connectivity index (χ4v) is 3.18. The zero-order chi connectivity index (χ0) is 15.1. The molecule has 0 N–H and O–H groups in total. The van der Waals surface area contributed by atoms with Gasteiger partial charge >= 0.3 is 0 Å². The van der Waals surface area contributed by atoms with Gasteiger partial charge in [-0.05, 0) is 61.6 Å². The highest BCUT2D eigenvalue weighted by Gasteiger charge is 2.20. The number of aryl methyl sites for hydroxylation is 1. The van der Waals surface area contributed by atoms with E-state index in [0.717, 1.165) is 37.7 Å². The molecule has 112 valence electrons. The lowest BCUT2D eigenvalue weighted by Gasteiger charge is -2.27. The van der Waals surface area contributed by atoms with Crippen LogP contribution in [0.2, 0.25) is 0 Å². The molecule has 0 saturated heterocycles. The molecule has 0 heterocycles. The predicted octanol–water partition coefficient (Wildman–Crippen LogP) is 5.31. The van der Waals surface area contributed by atoms with Crippen LogP contribution >= 0.6 is 0 Å². The first kappa shape index (κ1) is 15.7. The zero-order valence-corrected chi connectivity index (χ0v) is 12.2. The van der Waals surface area contributed by atoms with E-state index < -0.39 is 5.82 Å². The van der Waals surface area contributed by atoms with Crippen molar-refractivity contribution in [3.05, 3.63) is 47.5 Å². The Bertz CT molecular complexity index is 523. The summed E-state index contributed by atoms with van der Waals surface area (Å²) in [7, 11) is 0. The lowest BCUT2D eigenvalue weighted by Crippen LogP contribution is -2.14. The second kappa shape index (κ2) is 7.93. The van der Waals surface area contributed by atoms with Crippen molar-refractivity contribution in [1.29, 1.82) is 5.26 Å². The smallest absolute Gasteiger partial charge is 0.141 e. The Labute approximate surface area is 125 Å². The van der Waals surface area contributed by atoms with E-state index in [2.05, 4.69) is 0 Å². The number of rotatable bonds is 5. The van der Waals surface area contributed by atoms with Crippen molar-refractivity contribution in [2.75, 3.05) is 0 Å². The maximum absolute atomic E-state index is 13.5. The Kier molecular flexibility index (Phi) is 5.92. The van der Waals surface area contributed by atoms with Crippen molar-refractivity contribution in [3.8, 4) is 6.07 Å². The molecule has 0 radical (unpaired) electrons. The van der Waals surface area contributed by atoms with Gasteiger partial charge in [0.25, 0.3) is 0 Å². The molecule has 1 nitrogen and oxygen atoms in total. The first-order valence-corrected chi connectivity index (χ1v) is 7.66. The molecule has 0 bridgehead atoms. The molecule has 0 amide bonds. The van der Waals surface area contributed by atoms with E-state index in [-0.39, 0.29) is 5.56 Å². The molecule has 21 heavy (non-hydrogen) atoms. The minimum Gasteiger partial charge on any atom is -0.216 e. The Balaban J connectivity index is 1.77. The number of hydrogen-bond acceptors (Lipinski definition) is 1. The fraction of sp³-hybridized carbons (Fsp3) is 0.500. The van der Waals surface area contributed by atoms with Crippen LogP contribution in [0.3, 0.4) is 0 Å². The van der Waals surface area contributed by atoms with Gasteiger partial charge in [-0.3, -0.25) is 0 Å². The molecule has 1 aliphatic carbocycles. The van der Waals surface area contributed by atoms with Crippen LogP contribution in [0, 0.1) is 29.0 Å². The van der Waals surface area contributed by atoms with Crippen LogP contribution in [-0.4, -0.2) is 0 Å². The van der Waals surface area contributed by atoms with Crippen LogP contribution in [0.4, 0.5) is 8.78 Å². The Hall–Kier alpha value is -1.69. The second-order valence-electron chi connectivity index (χ2n) is 5.95. The van der Waals surface area contributed by atoms with Gasteiger partial charge in [0, 0.05) is 0 Å². The van der Waals surface area contributed by atoms with E-state index in [4.69, 9.17) is 5.26 Å². The molecule has 0 unspecified atom stereocenters. The molecule has 1 fully saturated rings. The third-order valence-corrected chi connectivity index (χ3v) is 4.52. The second-order valence-corrected chi connectivity index (χ2v) is 5.95. The minimum absolute atomic E-state index is 0.111. The van der Waals surface area contributed by atoms with Crippen molar-refractivity contribution >= 4 is 0 Å². The van der Waals surface area contributed by atoms with Gasteiger partial charge in [-0.2, -0.15) is 5.26 Å². The molecule has 2 rings (SSSR count). The summed E-state index contributed by atoms with van der Waals surface area (Å²) in [6.07, 6.45) is 9.74. The van der Waals surface area contributed by atoms with Gasteiger partial charge in [-0.15, -0.1) is 0 Å². The first-order valence-electron chi connectivity index (χ1n) is 7.66. The maximum Gasteiger partial charge on any atom is 0.141 e. The van der Waals surface area contributed by atoms with Crippen LogP contribution in [0.1, 0.15) is 49.7 Å². The highest BCUT2D eigenvalue weighted by molar-refractivity contribution is 5.33. The molecule has 1 aliphatic rings. The lowest BCUT2D eigenvalue weighted by molar-refractivity contribution is 0.264. The zero-order valence-electron chi connectivity index (χ0n) is 12.2. The summed E-state index contributed by atoms with van der Waals surface area (Å²) in [5.74, 6) is 0.895. The van der Waals surface area contributed by atoms with Crippen molar-refractivity contribution in [1.82, 2.24) is 0 Å². The number of hydrogen-bond donors (Lipinski definition) is 0. The van der Waals surface area contributed by atoms with E-state index in [9.17, 15) is 8.78 Å². The van der Waals surface area contributed by atoms with Gasteiger partial charge in [-0.25, -0.2) is 8.78 Å².